The van der Waals surface area contributed by atoms with Crippen LogP contribution in [0.15, 0.2) is 48.5 Å². The number of carbonyl (C=O) groups excluding carboxylic acids is 2. The molecule has 110 valence electrons. The molecule has 0 saturated carbocycles. The maximum absolute atomic E-state index is 11.9. The fraction of sp³-hybridized carbons (Fsp3) is 0.118. The van der Waals surface area contributed by atoms with Gasteiger partial charge in [-0.3, -0.25) is 20.4 Å². The molecule has 2 N–H and O–H groups in total. The van der Waals surface area contributed by atoms with Crippen molar-refractivity contribution in [2.45, 2.75) is 13.3 Å². The van der Waals surface area contributed by atoms with Crippen molar-refractivity contribution in [2.75, 3.05) is 0 Å². The third-order valence-corrected chi connectivity index (χ3v) is 3.19. The topological polar surface area (TPSA) is 82.0 Å². The summed E-state index contributed by atoms with van der Waals surface area (Å²) in [7, 11) is 0. The molecular formula is C17H15N3O2. The lowest BCUT2D eigenvalue weighted by atomic mass is 10.1. The molecule has 5 heteroatoms. The number of hydrogen-bond donors (Lipinski definition) is 2. The van der Waals surface area contributed by atoms with Crippen LogP contribution >= 0.6 is 0 Å². The lowest BCUT2D eigenvalue weighted by molar-refractivity contribution is 0.0846. The summed E-state index contributed by atoms with van der Waals surface area (Å²) in [5.41, 5.74) is 7.14. The Balaban J connectivity index is 1.94. The Kier molecular flexibility index (Phi) is 4.89. The Morgan fingerprint density at radius 1 is 0.909 bits per heavy atom. The zero-order valence-corrected chi connectivity index (χ0v) is 12.1. The molecule has 0 bridgehead atoms. The molecule has 0 radical (unpaired) electrons. The predicted octanol–water partition coefficient (Wildman–Crippen LogP) is 2.20. The first-order valence-electron chi connectivity index (χ1n) is 6.84. The molecule has 0 atom stereocenters. The van der Waals surface area contributed by atoms with Crippen molar-refractivity contribution in [3.63, 3.8) is 0 Å². The van der Waals surface area contributed by atoms with E-state index in [1.54, 1.807) is 24.3 Å². The Morgan fingerprint density at radius 2 is 1.36 bits per heavy atom. The molecule has 0 spiro atoms. The minimum atomic E-state index is -0.442. The zero-order valence-electron chi connectivity index (χ0n) is 12.1. The van der Waals surface area contributed by atoms with Crippen LogP contribution in [0.4, 0.5) is 0 Å². The number of rotatable bonds is 3. The third-order valence-electron chi connectivity index (χ3n) is 3.19. The molecule has 0 saturated heterocycles. The maximum Gasteiger partial charge on any atom is 0.269 e. The average Bonchev–Trinajstić information content (AvgIpc) is 2.59. The van der Waals surface area contributed by atoms with E-state index in [0.29, 0.717) is 16.7 Å². The Bertz CT molecular complexity index is 713. The number of hydrogen-bond acceptors (Lipinski definition) is 3. The number of hydrazine groups is 1. The number of aryl methyl sites for hydroxylation is 1. The normalized spacial score (nSPS) is 9.64. The van der Waals surface area contributed by atoms with Gasteiger partial charge in [0.15, 0.2) is 0 Å². The first kappa shape index (κ1) is 15.3. The molecule has 0 unspecified atom stereocenters. The molecule has 0 aliphatic rings. The molecule has 2 aromatic carbocycles. The van der Waals surface area contributed by atoms with Gasteiger partial charge in [0.25, 0.3) is 11.8 Å². The molecule has 2 amide bonds. The largest absolute Gasteiger partial charge is 0.269 e. The van der Waals surface area contributed by atoms with Crippen molar-refractivity contribution in [2.24, 2.45) is 0 Å². The fourth-order valence-electron chi connectivity index (χ4n) is 1.85. The van der Waals surface area contributed by atoms with E-state index in [2.05, 4.69) is 10.9 Å². The van der Waals surface area contributed by atoms with Gasteiger partial charge in [0.05, 0.1) is 11.6 Å². The van der Waals surface area contributed by atoms with Crippen LogP contribution in [-0.4, -0.2) is 11.8 Å². The van der Waals surface area contributed by atoms with Crippen LogP contribution in [0.5, 0.6) is 0 Å². The van der Waals surface area contributed by atoms with E-state index in [1.807, 2.05) is 25.1 Å². The summed E-state index contributed by atoms with van der Waals surface area (Å²) in [4.78, 5) is 23.8. The summed E-state index contributed by atoms with van der Waals surface area (Å²) in [5, 5.41) is 8.70. The average molecular weight is 293 g/mol. The maximum atomic E-state index is 11.9. The summed E-state index contributed by atoms with van der Waals surface area (Å²) < 4.78 is 0. The summed E-state index contributed by atoms with van der Waals surface area (Å²) in [6.45, 7) is 2.03. The van der Waals surface area contributed by atoms with Gasteiger partial charge in [0.1, 0.15) is 0 Å². The Morgan fingerprint density at radius 3 is 1.77 bits per heavy atom. The molecule has 0 fully saturated rings. The predicted molar refractivity (Wildman–Crippen MR) is 81.9 cm³/mol. The highest BCUT2D eigenvalue weighted by molar-refractivity contribution is 5.99. The minimum Gasteiger partial charge on any atom is -0.267 e. The van der Waals surface area contributed by atoms with Gasteiger partial charge in [-0.25, -0.2) is 0 Å². The van der Waals surface area contributed by atoms with E-state index < -0.39 is 5.91 Å². The summed E-state index contributed by atoms with van der Waals surface area (Å²) in [6, 6.07) is 15.3. The molecule has 0 aliphatic heterocycles. The van der Waals surface area contributed by atoms with Crippen LogP contribution in [0.2, 0.25) is 0 Å². The number of nitrogens with one attached hydrogen (secondary N) is 2. The van der Waals surface area contributed by atoms with Gasteiger partial charge in [-0.1, -0.05) is 19.1 Å². The van der Waals surface area contributed by atoms with Gasteiger partial charge in [-0.15, -0.1) is 0 Å². The van der Waals surface area contributed by atoms with E-state index in [0.717, 1.165) is 12.0 Å². The van der Waals surface area contributed by atoms with Gasteiger partial charge in [0.2, 0.25) is 0 Å². The van der Waals surface area contributed by atoms with E-state index >= 15 is 0 Å². The second kappa shape index (κ2) is 7.04. The van der Waals surface area contributed by atoms with Crippen molar-refractivity contribution < 1.29 is 9.59 Å². The molecule has 22 heavy (non-hydrogen) atoms. The number of carbonyl (C=O) groups is 2. The molecular weight excluding hydrogens is 278 g/mol. The van der Waals surface area contributed by atoms with Crippen LogP contribution < -0.4 is 10.9 Å². The van der Waals surface area contributed by atoms with Gasteiger partial charge < -0.3 is 0 Å². The van der Waals surface area contributed by atoms with Crippen molar-refractivity contribution >= 4 is 11.8 Å². The summed E-state index contributed by atoms with van der Waals surface area (Å²) in [6.07, 6.45) is 0.900. The van der Waals surface area contributed by atoms with Gasteiger partial charge in [0, 0.05) is 11.1 Å². The van der Waals surface area contributed by atoms with Gasteiger partial charge in [-0.2, -0.15) is 5.26 Å². The molecule has 2 aromatic rings. The molecule has 2 rings (SSSR count). The summed E-state index contributed by atoms with van der Waals surface area (Å²) in [5.74, 6) is -0.826. The number of nitrogens with zero attached hydrogens (tertiary/aromatic N) is 1. The van der Waals surface area contributed by atoms with Crippen LogP contribution in [0, 0.1) is 11.3 Å². The zero-order chi connectivity index (χ0) is 15.9. The number of amides is 2. The highest BCUT2D eigenvalue weighted by atomic mass is 16.2. The van der Waals surface area contributed by atoms with Crippen molar-refractivity contribution in [3.8, 4) is 6.07 Å². The van der Waals surface area contributed by atoms with E-state index in [9.17, 15) is 9.59 Å². The van der Waals surface area contributed by atoms with Crippen LogP contribution in [0.3, 0.4) is 0 Å². The number of benzene rings is 2. The van der Waals surface area contributed by atoms with E-state index in [4.69, 9.17) is 5.26 Å². The Hall–Kier alpha value is -3.13. The first-order valence-corrected chi connectivity index (χ1v) is 6.84. The monoisotopic (exact) mass is 293 g/mol. The lowest BCUT2D eigenvalue weighted by Gasteiger charge is -2.08. The van der Waals surface area contributed by atoms with Crippen LogP contribution in [0.1, 0.15) is 38.8 Å². The van der Waals surface area contributed by atoms with Gasteiger partial charge >= 0.3 is 0 Å². The minimum absolute atomic E-state index is 0.362. The molecule has 0 aromatic heterocycles. The second-order valence-electron chi connectivity index (χ2n) is 4.65. The third kappa shape index (κ3) is 3.70. The van der Waals surface area contributed by atoms with E-state index in [-0.39, 0.29) is 5.91 Å². The van der Waals surface area contributed by atoms with Gasteiger partial charge in [-0.05, 0) is 48.4 Å². The second-order valence-corrected chi connectivity index (χ2v) is 4.65. The molecule has 0 heterocycles. The Labute approximate surface area is 128 Å². The standard InChI is InChI=1S/C17H15N3O2/c1-2-12-3-7-14(8-4-12)16(21)19-20-17(22)15-9-5-13(11-18)6-10-15/h3-10H,2H2,1H3,(H,19,21)(H,20,22). The van der Waals surface area contributed by atoms with Crippen molar-refractivity contribution in [3.05, 3.63) is 70.8 Å². The fourth-order valence-corrected chi connectivity index (χ4v) is 1.85. The quantitative estimate of drug-likeness (QED) is 0.851. The highest BCUT2D eigenvalue weighted by Crippen LogP contribution is 2.05. The van der Waals surface area contributed by atoms with E-state index in [1.165, 1.54) is 12.1 Å². The van der Waals surface area contributed by atoms with Crippen molar-refractivity contribution in [1.82, 2.24) is 10.9 Å². The molecule has 5 nitrogen and oxygen atoms in total. The smallest absolute Gasteiger partial charge is 0.267 e. The van der Waals surface area contributed by atoms with Crippen molar-refractivity contribution in [1.29, 1.82) is 5.26 Å². The van der Waals surface area contributed by atoms with Crippen LogP contribution in [0.25, 0.3) is 0 Å². The SMILES string of the molecule is CCc1ccc(C(=O)NNC(=O)c2ccc(C#N)cc2)cc1. The van der Waals surface area contributed by atoms with Crippen LogP contribution in [-0.2, 0) is 6.42 Å². The molecule has 0 aliphatic carbocycles. The first-order chi connectivity index (χ1) is 10.6. The lowest BCUT2D eigenvalue weighted by Crippen LogP contribution is -2.41. The highest BCUT2D eigenvalue weighted by Gasteiger charge is 2.09. The number of nitriles is 1. The summed E-state index contributed by atoms with van der Waals surface area (Å²) >= 11 is 0.